The molecule has 2 saturated heterocycles. The van der Waals surface area contributed by atoms with Crippen LogP contribution >= 0.6 is 0 Å². The smallest absolute Gasteiger partial charge is 0.304 e. The first-order valence-corrected chi connectivity index (χ1v) is 12.9. The van der Waals surface area contributed by atoms with E-state index in [9.17, 15) is 17.6 Å². The summed E-state index contributed by atoms with van der Waals surface area (Å²) < 4.78 is 43.1. The third-order valence-corrected chi connectivity index (χ3v) is 7.99. The Hall–Kier alpha value is -2.56. The molecular weight excluding hydrogens is 457 g/mol. The van der Waals surface area contributed by atoms with Gasteiger partial charge in [-0.15, -0.1) is 0 Å². The standard InChI is InChI=1S/C24H32FN5O3S/c1-15-9-17(11-18(25)10-15)21-6-5-20(22(27-21)30-13-16(2)12-24(30,3)4)23(31)28-34(32,33)29-8-7-19(26)14-29/h5-6,9-11,16,19H,7-8,12-14,26H2,1-4H3,(H,28,31)/t16-,19-/m0/s1. The summed E-state index contributed by atoms with van der Waals surface area (Å²) in [5.41, 5.74) is 7.57. The van der Waals surface area contributed by atoms with Crippen molar-refractivity contribution >= 4 is 21.9 Å². The summed E-state index contributed by atoms with van der Waals surface area (Å²) in [7, 11) is -4.04. The van der Waals surface area contributed by atoms with Gasteiger partial charge in [0.25, 0.3) is 5.91 Å². The Balaban J connectivity index is 1.75. The van der Waals surface area contributed by atoms with Gasteiger partial charge in [0, 0.05) is 36.8 Å². The van der Waals surface area contributed by atoms with E-state index >= 15 is 0 Å². The van der Waals surface area contributed by atoms with E-state index < -0.39 is 16.1 Å². The van der Waals surface area contributed by atoms with Gasteiger partial charge >= 0.3 is 10.2 Å². The number of anilines is 1. The van der Waals surface area contributed by atoms with E-state index in [1.54, 1.807) is 19.1 Å². The van der Waals surface area contributed by atoms with Crippen LogP contribution in [0.2, 0.25) is 0 Å². The third kappa shape index (κ3) is 4.94. The Morgan fingerprint density at radius 3 is 2.56 bits per heavy atom. The summed E-state index contributed by atoms with van der Waals surface area (Å²) >= 11 is 0. The van der Waals surface area contributed by atoms with Crippen molar-refractivity contribution in [2.75, 3.05) is 24.5 Å². The summed E-state index contributed by atoms with van der Waals surface area (Å²) in [4.78, 5) is 20.1. The number of hydrogen-bond acceptors (Lipinski definition) is 6. The second-order valence-electron chi connectivity index (χ2n) is 10.2. The van der Waals surface area contributed by atoms with Crippen LogP contribution in [0.5, 0.6) is 0 Å². The molecule has 2 aromatic rings. The molecule has 2 aliphatic rings. The van der Waals surface area contributed by atoms with Crippen LogP contribution < -0.4 is 15.4 Å². The molecule has 10 heteroatoms. The zero-order valence-electron chi connectivity index (χ0n) is 20.0. The van der Waals surface area contributed by atoms with Gasteiger partial charge < -0.3 is 10.6 Å². The maximum Gasteiger partial charge on any atom is 0.304 e. The maximum absolute atomic E-state index is 14.1. The van der Waals surface area contributed by atoms with Crippen molar-refractivity contribution in [3.63, 3.8) is 0 Å². The predicted octanol–water partition coefficient (Wildman–Crippen LogP) is 2.83. The van der Waals surface area contributed by atoms with Gasteiger partial charge in [0.15, 0.2) is 0 Å². The Kier molecular flexibility index (Phi) is 6.43. The van der Waals surface area contributed by atoms with Crippen LogP contribution in [0.1, 0.15) is 49.5 Å². The Morgan fingerprint density at radius 1 is 1.24 bits per heavy atom. The number of rotatable bonds is 5. The van der Waals surface area contributed by atoms with Crippen LogP contribution in [0.3, 0.4) is 0 Å². The number of nitrogens with two attached hydrogens (primary N) is 1. The van der Waals surface area contributed by atoms with Crippen molar-refractivity contribution < 1.29 is 17.6 Å². The molecule has 0 radical (unpaired) electrons. The summed E-state index contributed by atoms with van der Waals surface area (Å²) in [6, 6.07) is 7.61. The Labute approximate surface area is 200 Å². The van der Waals surface area contributed by atoms with Gasteiger partial charge in [-0.3, -0.25) is 4.79 Å². The first-order chi connectivity index (χ1) is 15.9. The SMILES string of the molecule is Cc1cc(F)cc(-c2ccc(C(=O)NS(=O)(=O)N3CC[C@H](N)C3)c(N3C[C@@H](C)CC3(C)C)n2)c1. The van der Waals surface area contributed by atoms with Crippen LogP contribution in [-0.4, -0.2) is 54.8 Å². The molecule has 1 amide bonds. The molecule has 2 fully saturated rings. The maximum atomic E-state index is 14.1. The highest BCUT2D eigenvalue weighted by Gasteiger charge is 2.40. The minimum Gasteiger partial charge on any atom is -0.351 e. The van der Waals surface area contributed by atoms with E-state index in [4.69, 9.17) is 10.7 Å². The lowest BCUT2D eigenvalue weighted by molar-refractivity contribution is 0.0979. The number of benzene rings is 1. The average Bonchev–Trinajstić information content (AvgIpc) is 3.28. The monoisotopic (exact) mass is 489 g/mol. The molecule has 34 heavy (non-hydrogen) atoms. The van der Waals surface area contributed by atoms with E-state index in [0.717, 1.165) is 12.0 Å². The van der Waals surface area contributed by atoms with Crippen LogP contribution in [-0.2, 0) is 10.2 Å². The molecule has 0 spiro atoms. The molecule has 8 nitrogen and oxygen atoms in total. The number of hydrogen-bond donors (Lipinski definition) is 2. The van der Waals surface area contributed by atoms with E-state index in [1.807, 2.05) is 11.0 Å². The Morgan fingerprint density at radius 2 is 1.97 bits per heavy atom. The zero-order valence-corrected chi connectivity index (χ0v) is 20.8. The molecule has 2 aliphatic heterocycles. The third-order valence-electron chi connectivity index (χ3n) is 6.54. The van der Waals surface area contributed by atoms with Crippen molar-refractivity contribution in [3.05, 3.63) is 47.3 Å². The molecule has 3 heterocycles. The lowest BCUT2D eigenvalue weighted by Gasteiger charge is -2.34. The molecule has 0 bridgehead atoms. The van der Waals surface area contributed by atoms with Crippen molar-refractivity contribution in [1.29, 1.82) is 0 Å². The van der Waals surface area contributed by atoms with Crippen LogP contribution in [0, 0.1) is 18.7 Å². The number of nitrogens with one attached hydrogen (secondary N) is 1. The summed E-state index contributed by atoms with van der Waals surface area (Å²) in [5, 5.41) is 0. The van der Waals surface area contributed by atoms with E-state index in [1.165, 1.54) is 16.4 Å². The number of amides is 1. The molecule has 0 unspecified atom stereocenters. The normalized spacial score (nSPS) is 22.8. The summed E-state index contributed by atoms with van der Waals surface area (Å²) in [6.45, 7) is 9.17. The molecule has 184 valence electrons. The minimum atomic E-state index is -4.04. The van der Waals surface area contributed by atoms with Crippen LogP contribution in [0.15, 0.2) is 30.3 Å². The molecule has 3 N–H and O–H groups in total. The zero-order chi connectivity index (χ0) is 24.8. The van der Waals surface area contributed by atoms with Gasteiger partial charge in [-0.05, 0) is 75.4 Å². The quantitative estimate of drug-likeness (QED) is 0.669. The summed E-state index contributed by atoms with van der Waals surface area (Å²) in [6.07, 6.45) is 1.44. The van der Waals surface area contributed by atoms with Crippen molar-refractivity contribution in [3.8, 4) is 11.3 Å². The highest BCUT2D eigenvalue weighted by molar-refractivity contribution is 7.87. The molecule has 0 saturated carbocycles. The van der Waals surface area contributed by atoms with Crippen LogP contribution in [0.25, 0.3) is 11.3 Å². The van der Waals surface area contributed by atoms with Gasteiger partial charge in [0.05, 0.1) is 11.3 Å². The second-order valence-corrected chi connectivity index (χ2v) is 11.8. The lowest BCUT2D eigenvalue weighted by Crippen LogP contribution is -2.44. The van der Waals surface area contributed by atoms with E-state index in [-0.39, 0.29) is 36.1 Å². The minimum absolute atomic E-state index is 0.158. The van der Waals surface area contributed by atoms with Crippen molar-refractivity contribution in [2.24, 2.45) is 11.7 Å². The van der Waals surface area contributed by atoms with E-state index in [2.05, 4.69) is 25.5 Å². The topological polar surface area (TPSA) is 109 Å². The molecule has 0 aliphatic carbocycles. The number of carbonyl (C=O) groups is 1. The second kappa shape index (κ2) is 8.90. The molecular formula is C24H32FN5O3S. The molecule has 4 rings (SSSR count). The number of pyridine rings is 1. The predicted molar refractivity (Wildman–Crippen MR) is 130 cm³/mol. The number of halogens is 1. The first-order valence-electron chi connectivity index (χ1n) is 11.5. The lowest BCUT2D eigenvalue weighted by atomic mass is 9.97. The summed E-state index contributed by atoms with van der Waals surface area (Å²) in [5.74, 6) is -0.368. The number of aromatic nitrogens is 1. The van der Waals surface area contributed by atoms with Gasteiger partial charge in [-0.2, -0.15) is 12.7 Å². The van der Waals surface area contributed by atoms with Gasteiger partial charge in [-0.25, -0.2) is 14.1 Å². The van der Waals surface area contributed by atoms with Crippen molar-refractivity contribution in [1.82, 2.24) is 14.0 Å². The fourth-order valence-corrected chi connectivity index (χ4v) is 6.25. The molecule has 2 atom stereocenters. The fourth-order valence-electron chi connectivity index (χ4n) is 5.04. The van der Waals surface area contributed by atoms with Crippen molar-refractivity contribution in [2.45, 2.75) is 52.1 Å². The Bertz CT molecular complexity index is 1200. The molecule has 1 aromatic carbocycles. The van der Waals surface area contributed by atoms with Gasteiger partial charge in [0.1, 0.15) is 11.6 Å². The number of aryl methyl sites for hydroxylation is 1. The van der Waals surface area contributed by atoms with Gasteiger partial charge in [-0.1, -0.05) is 6.92 Å². The van der Waals surface area contributed by atoms with E-state index in [0.29, 0.717) is 36.0 Å². The van der Waals surface area contributed by atoms with Gasteiger partial charge in [0.2, 0.25) is 0 Å². The van der Waals surface area contributed by atoms with Crippen LogP contribution in [0.4, 0.5) is 10.2 Å². The number of carbonyl (C=O) groups excluding carboxylic acids is 1. The number of nitrogens with zero attached hydrogens (tertiary/aromatic N) is 3. The highest BCUT2D eigenvalue weighted by Crippen LogP contribution is 2.38. The average molecular weight is 490 g/mol. The largest absolute Gasteiger partial charge is 0.351 e. The first kappa shape index (κ1) is 24.6. The highest BCUT2D eigenvalue weighted by atomic mass is 32.2. The molecule has 1 aromatic heterocycles. The fraction of sp³-hybridized carbons (Fsp3) is 0.500.